The van der Waals surface area contributed by atoms with Crippen molar-refractivity contribution in [2.24, 2.45) is 0 Å². The second kappa shape index (κ2) is 11.0. The van der Waals surface area contributed by atoms with Crippen LogP contribution in [0.25, 0.3) is 5.76 Å². The number of ether oxygens (including phenoxy) is 2. The third-order valence-electron chi connectivity index (χ3n) is 7.07. The maximum absolute atomic E-state index is 13.6. The third kappa shape index (κ3) is 5.42. The van der Waals surface area contributed by atoms with Gasteiger partial charge in [-0.15, -0.1) is 0 Å². The number of anilines is 1. The first-order valence-electron chi connectivity index (χ1n) is 13.3. The maximum Gasteiger partial charge on any atom is 0.300 e. The number of methoxy groups -OCH3 is 1. The zero-order chi connectivity index (χ0) is 28.5. The summed E-state index contributed by atoms with van der Waals surface area (Å²) in [5.74, 6) is -0.239. The second-order valence-corrected chi connectivity index (χ2v) is 11.1. The molecule has 3 aromatic carbocycles. The van der Waals surface area contributed by atoms with Gasteiger partial charge in [-0.2, -0.15) is 0 Å². The van der Waals surface area contributed by atoms with Crippen molar-refractivity contribution < 1.29 is 24.2 Å². The van der Waals surface area contributed by atoms with Gasteiger partial charge in [0.2, 0.25) is 0 Å². The highest BCUT2D eigenvalue weighted by molar-refractivity contribution is 6.51. The van der Waals surface area contributed by atoms with Crippen molar-refractivity contribution in [1.29, 1.82) is 0 Å². The lowest BCUT2D eigenvalue weighted by Gasteiger charge is -2.27. The molecule has 1 unspecified atom stereocenters. The fourth-order valence-electron chi connectivity index (χ4n) is 4.93. The summed E-state index contributed by atoms with van der Waals surface area (Å²) in [7, 11) is 1.55. The zero-order valence-corrected chi connectivity index (χ0v) is 23.7. The Labute approximate surface area is 230 Å². The summed E-state index contributed by atoms with van der Waals surface area (Å²) >= 11 is 0. The number of hydrogen-bond donors (Lipinski definition) is 1. The van der Waals surface area contributed by atoms with Crippen LogP contribution in [0.4, 0.5) is 5.69 Å². The van der Waals surface area contributed by atoms with Gasteiger partial charge in [-0.05, 0) is 65.3 Å². The highest BCUT2D eigenvalue weighted by atomic mass is 16.5. The van der Waals surface area contributed by atoms with E-state index in [1.165, 1.54) is 4.90 Å². The van der Waals surface area contributed by atoms with Gasteiger partial charge in [0.25, 0.3) is 11.7 Å². The predicted molar refractivity (Wildman–Crippen MR) is 155 cm³/mol. The molecule has 0 saturated carbocycles. The molecule has 1 aliphatic rings. The van der Waals surface area contributed by atoms with Crippen LogP contribution in [0.3, 0.4) is 0 Å². The van der Waals surface area contributed by atoms with Crippen LogP contribution in [0, 0.1) is 0 Å². The summed E-state index contributed by atoms with van der Waals surface area (Å²) in [4.78, 5) is 28.6. The highest BCUT2D eigenvalue weighted by Gasteiger charge is 2.47. The number of hydrogen-bond acceptors (Lipinski definition) is 5. The molecule has 1 heterocycles. The van der Waals surface area contributed by atoms with Gasteiger partial charge in [0, 0.05) is 17.3 Å². The summed E-state index contributed by atoms with van der Waals surface area (Å²) in [5.41, 5.74) is 3.71. The van der Waals surface area contributed by atoms with E-state index in [2.05, 4.69) is 20.8 Å². The van der Waals surface area contributed by atoms with Gasteiger partial charge in [0.1, 0.15) is 17.3 Å². The van der Waals surface area contributed by atoms with E-state index in [0.29, 0.717) is 23.6 Å². The smallest absolute Gasteiger partial charge is 0.300 e. The van der Waals surface area contributed by atoms with E-state index in [1.54, 1.807) is 43.5 Å². The molecule has 0 radical (unpaired) electrons. The molecule has 0 aromatic heterocycles. The number of nitrogens with zero attached hydrogens (tertiary/aromatic N) is 1. The van der Waals surface area contributed by atoms with Crippen molar-refractivity contribution in [3.63, 3.8) is 0 Å². The Hall–Kier alpha value is -4.06. The van der Waals surface area contributed by atoms with Crippen molar-refractivity contribution in [3.8, 4) is 11.5 Å². The minimum Gasteiger partial charge on any atom is -0.507 e. The molecule has 39 heavy (non-hydrogen) atoms. The SMILES string of the molecule is CCOc1ccc(/C(O)=C2/C(=O)C(=O)N(c3cccc(OC)c3)C2c2ccc(C(C)(C)C)cc2)cc1C(C)C. The molecular formula is C33H37NO5. The van der Waals surface area contributed by atoms with Crippen molar-refractivity contribution in [3.05, 3.63) is 94.6 Å². The van der Waals surface area contributed by atoms with Crippen molar-refractivity contribution in [2.75, 3.05) is 18.6 Å². The molecule has 0 bridgehead atoms. The number of aliphatic hydroxyl groups excluding tert-OH is 1. The average Bonchev–Trinajstić information content (AvgIpc) is 3.18. The molecule has 1 atom stereocenters. The molecule has 1 saturated heterocycles. The molecule has 3 aromatic rings. The number of rotatable bonds is 7. The maximum atomic E-state index is 13.6. The Bertz CT molecular complexity index is 1410. The quantitative estimate of drug-likeness (QED) is 0.201. The van der Waals surface area contributed by atoms with Crippen molar-refractivity contribution in [1.82, 2.24) is 0 Å². The fourth-order valence-corrected chi connectivity index (χ4v) is 4.93. The predicted octanol–water partition coefficient (Wildman–Crippen LogP) is 7.14. The van der Waals surface area contributed by atoms with Gasteiger partial charge in [0.05, 0.1) is 25.3 Å². The van der Waals surface area contributed by atoms with Gasteiger partial charge in [-0.25, -0.2) is 0 Å². The Morgan fingerprint density at radius 1 is 1.00 bits per heavy atom. The Balaban J connectivity index is 1.94. The molecule has 1 aliphatic heterocycles. The molecule has 0 spiro atoms. The number of aliphatic hydroxyl groups is 1. The lowest BCUT2D eigenvalue weighted by atomic mass is 9.85. The van der Waals surface area contributed by atoms with Crippen LogP contribution >= 0.6 is 0 Å². The first-order chi connectivity index (χ1) is 18.5. The van der Waals surface area contributed by atoms with E-state index in [4.69, 9.17) is 9.47 Å². The minimum absolute atomic E-state index is 0.0465. The molecule has 6 heteroatoms. The van der Waals surface area contributed by atoms with Gasteiger partial charge >= 0.3 is 0 Å². The number of amides is 1. The van der Waals surface area contributed by atoms with Crippen LogP contribution < -0.4 is 14.4 Å². The topological polar surface area (TPSA) is 76.1 Å². The summed E-state index contributed by atoms with van der Waals surface area (Å²) in [6.45, 7) is 12.9. The van der Waals surface area contributed by atoms with Crippen molar-refractivity contribution in [2.45, 2.75) is 58.9 Å². The lowest BCUT2D eigenvalue weighted by molar-refractivity contribution is -0.132. The van der Waals surface area contributed by atoms with Gasteiger partial charge in [0.15, 0.2) is 0 Å². The summed E-state index contributed by atoms with van der Waals surface area (Å²) in [6, 6.07) is 19.4. The van der Waals surface area contributed by atoms with Crippen molar-refractivity contribution >= 4 is 23.1 Å². The molecule has 0 aliphatic carbocycles. The normalized spacial score (nSPS) is 17.1. The zero-order valence-electron chi connectivity index (χ0n) is 23.7. The summed E-state index contributed by atoms with van der Waals surface area (Å²) in [5, 5.41) is 11.6. The lowest BCUT2D eigenvalue weighted by Crippen LogP contribution is -2.29. The van der Waals surface area contributed by atoms with Crippen LogP contribution in [0.1, 0.15) is 75.8 Å². The molecule has 1 N–H and O–H groups in total. The van der Waals surface area contributed by atoms with Gasteiger partial charge < -0.3 is 14.6 Å². The summed E-state index contributed by atoms with van der Waals surface area (Å²) in [6.07, 6.45) is 0. The van der Waals surface area contributed by atoms with E-state index < -0.39 is 17.7 Å². The monoisotopic (exact) mass is 527 g/mol. The minimum atomic E-state index is -0.819. The molecule has 4 rings (SSSR count). The Morgan fingerprint density at radius 2 is 1.69 bits per heavy atom. The standard InChI is InChI=1S/C33H37NO5/c1-8-39-27-17-14-22(18-26(27)20(2)3)30(35)28-29(21-12-15-23(16-13-21)33(4,5)6)34(32(37)31(28)36)24-10-9-11-25(19-24)38-7/h9-20,29,35H,8H2,1-7H3/b30-28-. The van der Waals surface area contributed by atoms with E-state index in [0.717, 1.165) is 22.4 Å². The molecule has 204 valence electrons. The molecule has 1 fully saturated rings. The molecule has 1 amide bonds. The van der Waals surface area contributed by atoms with E-state index >= 15 is 0 Å². The van der Waals surface area contributed by atoms with E-state index in [9.17, 15) is 14.7 Å². The number of Topliss-reactive ketones (excluding diaryl/α,β-unsaturated/α-hetero) is 1. The largest absolute Gasteiger partial charge is 0.507 e. The van der Waals surface area contributed by atoms with E-state index in [1.807, 2.05) is 51.1 Å². The molecule has 6 nitrogen and oxygen atoms in total. The highest BCUT2D eigenvalue weighted by Crippen LogP contribution is 2.43. The second-order valence-electron chi connectivity index (χ2n) is 11.1. The first-order valence-corrected chi connectivity index (χ1v) is 13.3. The number of carbonyl (C=O) groups is 2. The van der Waals surface area contributed by atoms with Gasteiger partial charge in [-0.1, -0.05) is 65.0 Å². The number of benzene rings is 3. The molecular weight excluding hydrogens is 490 g/mol. The number of carbonyl (C=O) groups excluding carboxylic acids is 2. The van der Waals surface area contributed by atoms with E-state index in [-0.39, 0.29) is 22.7 Å². The summed E-state index contributed by atoms with van der Waals surface area (Å²) < 4.78 is 11.2. The van der Waals surface area contributed by atoms with Crippen LogP contribution in [0.15, 0.2) is 72.3 Å². The third-order valence-corrected chi connectivity index (χ3v) is 7.07. The van der Waals surface area contributed by atoms with Crippen LogP contribution in [0.5, 0.6) is 11.5 Å². The Morgan fingerprint density at radius 3 is 2.28 bits per heavy atom. The number of ketones is 1. The van der Waals surface area contributed by atoms with Crippen LogP contribution in [-0.2, 0) is 15.0 Å². The van der Waals surface area contributed by atoms with Crippen LogP contribution in [-0.4, -0.2) is 30.5 Å². The fraction of sp³-hybridized carbons (Fsp3) is 0.333. The van der Waals surface area contributed by atoms with Gasteiger partial charge in [-0.3, -0.25) is 14.5 Å². The Kier molecular flexibility index (Phi) is 7.86. The average molecular weight is 528 g/mol. The van der Waals surface area contributed by atoms with Crippen LogP contribution in [0.2, 0.25) is 0 Å². The first kappa shape index (κ1) is 28.0.